The van der Waals surface area contributed by atoms with Gasteiger partial charge in [0, 0.05) is 18.7 Å². The Bertz CT molecular complexity index is 456. The van der Waals surface area contributed by atoms with E-state index in [1.54, 1.807) is 0 Å². The van der Waals surface area contributed by atoms with E-state index in [9.17, 15) is 4.79 Å². The van der Waals surface area contributed by atoms with Crippen molar-refractivity contribution in [3.05, 3.63) is 35.4 Å². The van der Waals surface area contributed by atoms with Crippen LogP contribution in [0.4, 0.5) is 0 Å². The third-order valence-electron chi connectivity index (χ3n) is 4.20. The summed E-state index contributed by atoms with van der Waals surface area (Å²) in [7, 11) is 0. The number of rotatable bonds is 4. The Balaban J connectivity index is 2.16. The summed E-state index contributed by atoms with van der Waals surface area (Å²) >= 11 is 0. The normalized spacial score (nSPS) is 17.4. The smallest absolute Gasteiger partial charge is 0.182 e. The van der Waals surface area contributed by atoms with Crippen molar-refractivity contribution < 1.29 is 9.53 Å². The second-order valence-electron chi connectivity index (χ2n) is 6.26. The number of ketones is 1. The summed E-state index contributed by atoms with van der Waals surface area (Å²) in [5.74, 6) is 0.682. The highest BCUT2D eigenvalue weighted by Crippen LogP contribution is 2.23. The first-order valence-electron chi connectivity index (χ1n) is 7.40. The molecule has 20 heavy (non-hydrogen) atoms. The van der Waals surface area contributed by atoms with Crippen molar-refractivity contribution in [2.45, 2.75) is 39.2 Å². The molecule has 1 aromatic carbocycles. The van der Waals surface area contributed by atoms with Crippen molar-refractivity contribution in [3.63, 3.8) is 0 Å². The standard InChI is InChI=1S/C17H25NO2/c1-13(2)14-5-7-15(8-6-14)16(19)17(3,4)18-9-11-20-12-10-18/h5-8,13H,9-12H2,1-4H3. The summed E-state index contributed by atoms with van der Waals surface area (Å²) in [4.78, 5) is 15.0. The van der Waals surface area contributed by atoms with Crippen LogP contribution >= 0.6 is 0 Å². The monoisotopic (exact) mass is 275 g/mol. The van der Waals surface area contributed by atoms with Gasteiger partial charge in [-0.3, -0.25) is 9.69 Å². The molecule has 3 heteroatoms. The highest BCUT2D eigenvalue weighted by atomic mass is 16.5. The van der Waals surface area contributed by atoms with Gasteiger partial charge >= 0.3 is 0 Å². The van der Waals surface area contributed by atoms with Gasteiger partial charge in [0.05, 0.1) is 18.8 Å². The molecule has 0 spiro atoms. The average Bonchev–Trinajstić information content (AvgIpc) is 2.47. The predicted molar refractivity (Wildman–Crippen MR) is 81.3 cm³/mol. The van der Waals surface area contributed by atoms with Gasteiger partial charge in [-0.05, 0) is 25.3 Å². The van der Waals surface area contributed by atoms with E-state index < -0.39 is 5.54 Å². The van der Waals surface area contributed by atoms with Gasteiger partial charge < -0.3 is 4.74 Å². The quantitative estimate of drug-likeness (QED) is 0.791. The molecule has 0 atom stereocenters. The minimum Gasteiger partial charge on any atom is -0.379 e. The summed E-state index contributed by atoms with van der Waals surface area (Å²) in [6, 6.07) is 8.04. The minimum atomic E-state index is -0.469. The van der Waals surface area contributed by atoms with Crippen molar-refractivity contribution in [2.75, 3.05) is 26.3 Å². The van der Waals surface area contributed by atoms with Crippen LogP contribution in [0.3, 0.4) is 0 Å². The summed E-state index contributed by atoms with van der Waals surface area (Å²) in [6.07, 6.45) is 0. The predicted octanol–water partition coefficient (Wildman–Crippen LogP) is 3.10. The molecule has 0 radical (unpaired) electrons. The fourth-order valence-corrected chi connectivity index (χ4v) is 2.64. The number of hydrogen-bond donors (Lipinski definition) is 0. The molecule has 1 heterocycles. The number of benzene rings is 1. The molecule has 0 N–H and O–H groups in total. The van der Waals surface area contributed by atoms with Crippen LogP contribution in [0.2, 0.25) is 0 Å². The Labute approximate surface area is 121 Å². The Morgan fingerprint density at radius 1 is 1.15 bits per heavy atom. The molecule has 1 aliphatic heterocycles. The molecule has 1 fully saturated rings. The van der Waals surface area contributed by atoms with E-state index in [2.05, 4.69) is 30.9 Å². The highest BCUT2D eigenvalue weighted by molar-refractivity contribution is 6.02. The molecule has 0 saturated carbocycles. The van der Waals surface area contributed by atoms with Crippen LogP contribution in [0.15, 0.2) is 24.3 Å². The van der Waals surface area contributed by atoms with Gasteiger partial charge in [0.25, 0.3) is 0 Å². The third kappa shape index (κ3) is 3.10. The molecule has 0 aromatic heterocycles. The zero-order chi connectivity index (χ0) is 14.8. The Kier molecular flexibility index (Phi) is 4.61. The molecule has 0 bridgehead atoms. The maximum absolute atomic E-state index is 12.8. The van der Waals surface area contributed by atoms with Crippen LogP contribution in [-0.2, 0) is 4.74 Å². The van der Waals surface area contributed by atoms with E-state index in [-0.39, 0.29) is 5.78 Å². The maximum Gasteiger partial charge on any atom is 0.182 e. The SMILES string of the molecule is CC(C)c1ccc(C(=O)C(C)(C)N2CCOCC2)cc1. The molecular formula is C17H25NO2. The lowest BCUT2D eigenvalue weighted by molar-refractivity contribution is -0.00429. The van der Waals surface area contributed by atoms with Gasteiger partial charge in [0.15, 0.2) is 5.78 Å². The first kappa shape index (κ1) is 15.2. The van der Waals surface area contributed by atoms with Crippen LogP contribution in [0.25, 0.3) is 0 Å². The molecule has 1 aliphatic rings. The Morgan fingerprint density at radius 2 is 1.70 bits per heavy atom. The molecule has 110 valence electrons. The average molecular weight is 275 g/mol. The van der Waals surface area contributed by atoms with Crippen molar-refractivity contribution in [1.82, 2.24) is 4.90 Å². The zero-order valence-electron chi connectivity index (χ0n) is 13.0. The molecule has 2 rings (SSSR count). The maximum atomic E-state index is 12.8. The summed E-state index contributed by atoms with van der Waals surface area (Å²) < 4.78 is 5.37. The van der Waals surface area contributed by atoms with E-state index in [1.807, 2.05) is 26.0 Å². The van der Waals surface area contributed by atoms with Crippen LogP contribution in [0, 0.1) is 0 Å². The molecule has 1 saturated heterocycles. The number of hydrogen-bond acceptors (Lipinski definition) is 3. The lowest BCUT2D eigenvalue weighted by atomic mass is 9.89. The van der Waals surface area contributed by atoms with E-state index in [0.717, 1.165) is 18.7 Å². The number of nitrogens with zero attached hydrogens (tertiary/aromatic N) is 1. The van der Waals surface area contributed by atoms with Crippen LogP contribution in [-0.4, -0.2) is 42.5 Å². The number of carbonyl (C=O) groups is 1. The van der Waals surface area contributed by atoms with E-state index in [0.29, 0.717) is 19.1 Å². The first-order valence-corrected chi connectivity index (χ1v) is 7.40. The van der Waals surface area contributed by atoms with Gasteiger partial charge in [0.2, 0.25) is 0 Å². The lowest BCUT2D eigenvalue weighted by Gasteiger charge is -2.39. The van der Waals surface area contributed by atoms with Gasteiger partial charge in [-0.2, -0.15) is 0 Å². The lowest BCUT2D eigenvalue weighted by Crippen LogP contribution is -2.54. The van der Waals surface area contributed by atoms with E-state index >= 15 is 0 Å². The van der Waals surface area contributed by atoms with Crippen molar-refractivity contribution in [3.8, 4) is 0 Å². The van der Waals surface area contributed by atoms with Crippen LogP contribution in [0.5, 0.6) is 0 Å². The van der Waals surface area contributed by atoms with Crippen molar-refractivity contribution >= 4 is 5.78 Å². The minimum absolute atomic E-state index is 0.190. The summed E-state index contributed by atoms with van der Waals surface area (Å²) in [5, 5.41) is 0. The molecule has 3 nitrogen and oxygen atoms in total. The molecule has 0 amide bonds. The number of morpholine rings is 1. The summed E-state index contributed by atoms with van der Waals surface area (Å²) in [5.41, 5.74) is 1.60. The van der Waals surface area contributed by atoms with Gasteiger partial charge in [0.1, 0.15) is 0 Å². The van der Waals surface area contributed by atoms with Crippen LogP contribution in [0.1, 0.15) is 49.5 Å². The van der Waals surface area contributed by atoms with E-state index in [1.165, 1.54) is 5.56 Å². The second kappa shape index (κ2) is 6.06. The van der Waals surface area contributed by atoms with E-state index in [4.69, 9.17) is 4.74 Å². The molecular weight excluding hydrogens is 250 g/mol. The molecule has 1 aromatic rings. The zero-order valence-corrected chi connectivity index (χ0v) is 13.0. The molecule has 0 unspecified atom stereocenters. The number of carbonyl (C=O) groups excluding carboxylic acids is 1. The number of ether oxygens (including phenoxy) is 1. The Hall–Kier alpha value is -1.19. The highest BCUT2D eigenvalue weighted by Gasteiger charge is 2.35. The second-order valence-corrected chi connectivity index (χ2v) is 6.26. The Morgan fingerprint density at radius 3 is 2.20 bits per heavy atom. The topological polar surface area (TPSA) is 29.5 Å². The fourth-order valence-electron chi connectivity index (χ4n) is 2.64. The third-order valence-corrected chi connectivity index (χ3v) is 4.20. The fraction of sp³-hybridized carbons (Fsp3) is 0.588. The molecule has 0 aliphatic carbocycles. The van der Waals surface area contributed by atoms with Crippen molar-refractivity contribution in [1.29, 1.82) is 0 Å². The largest absolute Gasteiger partial charge is 0.379 e. The van der Waals surface area contributed by atoms with Gasteiger partial charge in [-0.25, -0.2) is 0 Å². The van der Waals surface area contributed by atoms with Crippen LogP contribution < -0.4 is 0 Å². The van der Waals surface area contributed by atoms with Crippen molar-refractivity contribution in [2.24, 2.45) is 0 Å². The first-order chi connectivity index (χ1) is 9.43. The van der Waals surface area contributed by atoms with Gasteiger partial charge in [-0.15, -0.1) is 0 Å². The number of Topliss-reactive ketones (excluding diaryl/α,β-unsaturated/α-hetero) is 1. The summed E-state index contributed by atoms with van der Waals surface area (Å²) in [6.45, 7) is 11.4. The van der Waals surface area contributed by atoms with Gasteiger partial charge in [-0.1, -0.05) is 38.1 Å².